The van der Waals surface area contributed by atoms with Crippen molar-refractivity contribution in [1.82, 2.24) is 4.90 Å². The number of likely N-dealkylation sites (N-methyl/N-ethyl adjacent to an activating group) is 1. The summed E-state index contributed by atoms with van der Waals surface area (Å²) in [4.78, 5) is 2.07. The van der Waals surface area contributed by atoms with Gasteiger partial charge in [0.15, 0.2) is 0 Å². The van der Waals surface area contributed by atoms with Crippen LogP contribution in [-0.2, 0) is 6.54 Å². The van der Waals surface area contributed by atoms with E-state index in [1.54, 1.807) is 0 Å². The monoisotopic (exact) mass is 275 g/mol. The fraction of sp³-hybridized carbons (Fsp3) is 0.250. The van der Waals surface area contributed by atoms with Crippen molar-refractivity contribution in [2.75, 3.05) is 13.6 Å². The van der Waals surface area contributed by atoms with Crippen LogP contribution in [0.1, 0.15) is 17.2 Å². The van der Waals surface area contributed by atoms with Crippen LogP contribution < -0.4 is 0 Å². The Balaban J connectivity index is 1.95. The fourth-order valence-electron chi connectivity index (χ4n) is 2.06. The minimum atomic E-state index is -0.478. The number of hydrogen-bond donors (Lipinski definition) is 1. The second kappa shape index (κ2) is 6.71. The smallest absolute Gasteiger partial charge is 0.0916 e. The lowest BCUT2D eigenvalue weighted by Crippen LogP contribution is -2.24. The molecular weight excluding hydrogens is 258 g/mol. The van der Waals surface area contributed by atoms with Crippen molar-refractivity contribution in [3.63, 3.8) is 0 Å². The molecule has 0 saturated heterocycles. The number of benzene rings is 2. The molecule has 2 nitrogen and oxygen atoms in total. The van der Waals surface area contributed by atoms with Crippen LogP contribution in [0.15, 0.2) is 54.6 Å². The molecule has 0 aliphatic carbocycles. The normalized spacial score (nSPS) is 12.6. The van der Waals surface area contributed by atoms with Gasteiger partial charge in [0, 0.05) is 18.1 Å². The van der Waals surface area contributed by atoms with Crippen LogP contribution in [-0.4, -0.2) is 23.6 Å². The summed E-state index contributed by atoms with van der Waals surface area (Å²) in [5.74, 6) is 0. The molecule has 1 N–H and O–H groups in total. The number of aliphatic hydroxyl groups excluding tert-OH is 1. The Morgan fingerprint density at radius 2 is 1.68 bits per heavy atom. The van der Waals surface area contributed by atoms with Crippen molar-refractivity contribution in [3.05, 3.63) is 70.7 Å². The van der Waals surface area contributed by atoms with E-state index in [-0.39, 0.29) is 0 Å². The van der Waals surface area contributed by atoms with E-state index in [0.717, 1.165) is 22.7 Å². The molecule has 0 aliphatic rings. The first-order valence-corrected chi connectivity index (χ1v) is 6.69. The van der Waals surface area contributed by atoms with Crippen molar-refractivity contribution in [2.24, 2.45) is 0 Å². The number of nitrogens with zero attached hydrogens (tertiary/aromatic N) is 1. The van der Waals surface area contributed by atoms with Gasteiger partial charge in [-0.15, -0.1) is 0 Å². The first kappa shape index (κ1) is 14.1. The molecule has 3 heteroatoms. The molecule has 1 atom stereocenters. The Morgan fingerprint density at radius 1 is 1.05 bits per heavy atom. The van der Waals surface area contributed by atoms with Crippen LogP contribution in [0.4, 0.5) is 0 Å². The first-order chi connectivity index (χ1) is 9.16. The highest BCUT2D eigenvalue weighted by Gasteiger charge is 2.11. The molecule has 0 fully saturated rings. The summed E-state index contributed by atoms with van der Waals surface area (Å²) >= 11 is 6.13. The second-order valence-corrected chi connectivity index (χ2v) is 5.12. The zero-order valence-electron chi connectivity index (χ0n) is 11.0. The third kappa shape index (κ3) is 4.06. The third-order valence-electron chi connectivity index (χ3n) is 3.07. The molecule has 0 radical (unpaired) electrons. The van der Waals surface area contributed by atoms with E-state index >= 15 is 0 Å². The van der Waals surface area contributed by atoms with Gasteiger partial charge in [0.05, 0.1) is 6.10 Å². The average molecular weight is 276 g/mol. The van der Waals surface area contributed by atoms with Gasteiger partial charge in [-0.2, -0.15) is 0 Å². The van der Waals surface area contributed by atoms with Crippen LogP contribution in [0.2, 0.25) is 5.02 Å². The highest BCUT2D eigenvalue weighted by Crippen LogP contribution is 2.18. The summed E-state index contributed by atoms with van der Waals surface area (Å²) in [5, 5.41) is 10.9. The summed E-state index contributed by atoms with van der Waals surface area (Å²) < 4.78 is 0. The van der Waals surface area contributed by atoms with Crippen LogP contribution >= 0.6 is 11.6 Å². The van der Waals surface area contributed by atoms with Crippen molar-refractivity contribution in [2.45, 2.75) is 12.6 Å². The quantitative estimate of drug-likeness (QED) is 0.903. The van der Waals surface area contributed by atoms with Crippen LogP contribution in [0.25, 0.3) is 0 Å². The average Bonchev–Trinajstić information content (AvgIpc) is 2.42. The van der Waals surface area contributed by atoms with E-state index in [9.17, 15) is 5.11 Å². The van der Waals surface area contributed by atoms with Crippen LogP contribution in [0.3, 0.4) is 0 Å². The molecule has 2 aromatic rings. The SMILES string of the molecule is CN(Cc1ccccc1Cl)C[C@@H](O)c1ccccc1. The Bertz CT molecular complexity index is 515. The first-order valence-electron chi connectivity index (χ1n) is 6.32. The molecule has 2 aromatic carbocycles. The summed E-state index contributed by atoms with van der Waals surface area (Å²) in [6.07, 6.45) is -0.478. The van der Waals surface area contributed by atoms with E-state index in [0.29, 0.717) is 6.54 Å². The maximum Gasteiger partial charge on any atom is 0.0916 e. The van der Waals surface area contributed by atoms with Crippen molar-refractivity contribution < 1.29 is 5.11 Å². The minimum Gasteiger partial charge on any atom is -0.387 e. The molecule has 19 heavy (non-hydrogen) atoms. The molecule has 0 aromatic heterocycles. The number of halogens is 1. The standard InChI is InChI=1S/C16H18ClNO/c1-18(11-14-9-5-6-10-15(14)17)12-16(19)13-7-3-2-4-8-13/h2-10,16,19H,11-12H2,1H3/t16-/m1/s1. The van der Waals surface area contributed by atoms with Gasteiger partial charge >= 0.3 is 0 Å². The van der Waals surface area contributed by atoms with E-state index in [1.165, 1.54) is 0 Å². The van der Waals surface area contributed by atoms with Crippen molar-refractivity contribution in [3.8, 4) is 0 Å². The molecule has 0 aliphatic heterocycles. The van der Waals surface area contributed by atoms with Gasteiger partial charge in [-0.05, 0) is 24.2 Å². The predicted octanol–water partition coefficient (Wildman–Crippen LogP) is 3.51. The predicted molar refractivity (Wildman–Crippen MR) is 79.2 cm³/mol. The zero-order chi connectivity index (χ0) is 13.7. The molecule has 100 valence electrons. The molecular formula is C16H18ClNO. The van der Waals surface area contributed by atoms with Gasteiger partial charge in [0.2, 0.25) is 0 Å². The van der Waals surface area contributed by atoms with Gasteiger partial charge < -0.3 is 5.11 Å². The van der Waals surface area contributed by atoms with Crippen molar-refractivity contribution >= 4 is 11.6 Å². The lowest BCUT2D eigenvalue weighted by atomic mass is 10.1. The van der Waals surface area contributed by atoms with Crippen LogP contribution in [0.5, 0.6) is 0 Å². The van der Waals surface area contributed by atoms with Crippen LogP contribution in [0, 0.1) is 0 Å². The van der Waals surface area contributed by atoms with E-state index < -0.39 is 6.10 Å². The molecule has 0 saturated carbocycles. The molecule has 0 amide bonds. The van der Waals surface area contributed by atoms with Gasteiger partial charge in [0.25, 0.3) is 0 Å². The van der Waals surface area contributed by atoms with Gasteiger partial charge in [-0.25, -0.2) is 0 Å². The number of hydrogen-bond acceptors (Lipinski definition) is 2. The van der Waals surface area contributed by atoms with E-state index in [1.807, 2.05) is 61.6 Å². The maximum atomic E-state index is 10.2. The minimum absolute atomic E-state index is 0.478. The van der Waals surface area contributed by atoms with E-state index in [4.69, 9.17) is 11.6 Å². The third-order valence-corrected chi connectivity index (χ3v) is 3.44. The molecule has 0 bridgehead atoms. The summed E-state index contributed by atoms with van der Waals surface area (Å²) in [6.45, 7) is 1.30. The fourth-order valence-corrected chi connectivity index (χ4v) is 2.25. The van der Waals surface area contributed by atoms with E-state index in [2.05, 4.69) is 4.90 Å². The van der Waals surface area contributed by atoms with Crippen molar-refractivity contribution in [1.29, 1.82) is 0 Å². The van der Waals surface area contributed by atoms with Gasteiger partial charge in [0.1, 0.15) is 0 Å². The highest BCUT2D eigenvalue weighted by molar-refractivity contribution is 6.31. The molecule has 0 spiro atoms. The number of rotatable bonds is 5. The Hall–Kier alpha value is -1.35. The summed E-state index contributed by atoms with van der Waals surface area (Å²) in [6, 6.07) is 17.5. The lowest BCUT2D eigenvalue weighted by molar-refractivity contribution is 0.124. The Labute approximate surface area is 119 Å². The second-order valence-electron chi connectivity index (χ2n) is 4.71. The molecule has 2 rings (SSSR count). The molecule has 0 heterocycles. The maximum absolute atomic E-state index is 10.2. The lowest BCUT2D eigenvalue weighted by Gasteiger charge is -2.21. The Morgan fingerprint density at radius 3 is 2.37 bits per heavy atom. The Kier molecular flexibility index (Phi) is 4.97. The summed E-state index contributed by atoms with van der Waals surface area (Å²) in [7, 11) is 1.98. The highest BCUT2D eigenvalue weighted by atomic mass is 35.5. The molecule has 0 unspecified atom stereocenters. The summed E-state index contributed by atoms with van der Waals surface area (Å²) in [5.41, 5.74) is 2.01. The van der Waals surface area contributed by atoms with Gasteiger partial charge in [-0.1, -0.05) is 60.1 Å². The topological polar surface area (TPSA) is 23.5 Å². The van der Waals surface area contributed by atoms with Gasteiger partial charge in [-0.3, -0.25) is 4.90 Å². The zero-order valence-corrected chi connectivity index (χ0v) is 11.7. The number of aliphatic hydroxyl groups is 1. The largest absolute Gasteiger partial charge is 0.387 e.